The molecular formula is C27H37FN2O2. The number of nitrogens with one attached hydrogen (secondary N) is 1. The average molecular weight is 441 g/mol. The van der Waals surface area contributed by atoms with Gasteiger partial charge in [0, 0.05) is 19.5 Å². The number of amides is 2. The van der Waals surface area contributed by atoms with E-state index in [0.29, 0.717) is 25.8 Å². The highest BCUT2D eigenvalue weighted by molar-refractivity contribution is 5.87. The number of halogens is 1. The van der Waals surface area contributed by atoms with Crippen LogP contribution in [0.1, 0.15) is 70.6 Å². The molecule has 0 aliphatic heterocycles. The fourth-order valence-corrected chi connectivity index (χ4v) is 3.64. The van der Waals surface area contributed by atoms with Crippen molar-refractivity contribution in [3.8, 4) is 0 Å². The molecule has 0 aliphatic rings. The number of rotatable bonds is 10. The summed E-state index contributed by atoms with van der Waals surface area (Å²) < 4.78 is 13.3. The van der Waals surface area contributed by atoms with Crippen LogP contribution in [0, 0.1) is 5.82 Å². The lowest BCUT2D eigenvalue weighted by atomic mass is 9.86. The van der Waals surface area contributed by atoms with Gasteiger partial charge in [-0.05, 0) is 53.5 Å². The Kier molecular flexibility index (Phi) is 9.42. The molecule has 1 atom stereocenters. The molecule has 5 heteroatoms. The fraction of sp³-hybridized carbons (Fsp3) is 0.481. The molecule has 2 amide bonds. The van der Waals surface area contributed by atoms with Crippen LogP contribution in [0.3, 0.4) is 0 Å². The van der Waals surface area contributed by atoms with E-state index < -0.39 is 6.04 Å². The second-order valence-electron chi connectivity index (χ2n) is 9.31. The highest BCUT2D eigenvalue weighted by Gasteiger charge is 2.28. The van der Waals surface area contributed by atoms with Gasteiger partial charge in [0.25, 0.3) is 0 Å². The molecule has 0 aliphatic carbocycles. The van der Waals surface area contributed by atoms with Crippen molar-refractivity contribution in [2.45, 2.75) is 78.3 Å². The number of carbonyl (C=O) groups is 2. The highest BCUT2D eigenvalue weighted by atomic mass is 19.1. The number of nitrogens with zero attached hydrogens (tertiary/aromatic N) is 1. The van der Waals surface area contributed by atoms with Crippen LogP contribution < -0.4 is 5.32 Å². The van der Waals surface area contributed by atoms with Gasteiger partial charge in [-0.1, -0.05) is 71.0 Å². The van der Waals surface area contributed by atoms with Gasteiger partial charge in [-0.25, -0.2) is 4.39 Å². The average Bonchev–Trinajstić information content (AvgIpc) is 2.76. The van der Waals surface area contributed by atoms with Gasteiger partial charge in [0.15, 0.2) is 0 Å². The summed E-state index contributed by atoms with van der Waals surface area (Å²) in [5.41, 5.74) is 3.23. The third-order valence-electron chi connectivity index (χ3n) is 5.65. The summed E-state index contributed by atoms with van der Waals surface area (Å²) in [6, 6.07) is 13.9. The van der Waals surface area contributed by atoms with Gasteiger partial charge < -0.3 is 10.2 Å². The van der Waals surface area contributed by atoms with Gasteiger partial charge >= 0.3 is 0 Å². The number of hydrogen-bond acceptors (Lipinski definition) is 2. The molecule has 0 radical (unpaired) electrons. The van der Waals surface area contributed by atoms with E-state index in [1.165, 1.54) is 17.7 Å². The monoisotopic (exact) mass is 440 g/mol. The van der Waals surface area contributed by atoms with Crippen molar-refractivity contribution in [1.82, 2.24) is 10.2 Å². The van der Waals surface area contributed by atoms with Gasteiger partial charge in [0.1, 0.15) is 11.9 Å². The number of aryl methyl sites for hydroxylation is 1. The molecular weight excluding hydrogens is 403 g/mol. The Hall–Kier alpha value is -2.69. The summed E-state index contributed by atoms with van der Waals surface area (Å²) in [7, 11) is 0. The van der Waals surface area contributed by atoms with Gasteiger partial charge in [0.2, 0.25) is 11.8 Å². The lowest BCUT2D eigenvalue weighted by Crippen LogP contribution is -2.49. The van der Waals surface area contributed by atoms with Gasteiger partial charge in [-0.2, -0.15) is 0 Å². The summed E-state index contributed by atoms with van der Waals surface area (Å²) in [6.45, 7) is 11.3. The van der Waals surface area contributed by atoms with E-state index in [0.717, 1.165) is 17.5 Å². The van der Waals surface area contributed by atoms with E-state index in [1.807, 2.05) is 13.8 Å². The third kappa shape index (κ3) is 7.47. The first-order valence-corrected chi connectivity index (χ1v) is 11.6. The maximum atomic E-state index is 13.3. The smallest absolute Gasteiger partial charge is 0.242 e. The minimum atomic E-state index is -0.553. The summed E-state index contributed by atoms with van der Waals surface area (Å²) in [5.74, 6) is -0.537. The Morgan fingerprint density at radius 1 is 0.969 bits per heavy atom. The molecule has 1 N–H and O–H groups in total. The van der Waals surface area contributed by atoms with Crippen LogP contribution in [-0.4, -0.2) is 29.3 Å². The third-order valence-corrected chi connectivity index (χ3v) is 5.65. The van der Waals surface area contributed by atoms with Crippen LogP contribution in [0.4, 0.5) is 4.39 Å². The SMILES string of the molecule is CCCNC(=O)C(CC)N(Cc1ccc(F)cc1)C(=O)CCc1ccc(C(C)(C)C)cc1. The minimum Gasteiger partial charge on any atom is -0.354 e. The number of benzene rings is 2. The van der Waals surface area contributed by atoms with Crippen molar-refractivity contribution in [3.05, 3.63) is 71.0 Å². The molecule has 174 valence electrons. The van der Waals surface area contributed by atoms with E-state index in [-0.39, 0.29) is 29.6 Å². The molecule has 1 unspecified atom stereocenters. The molecule has 4 nitrogen and oxygen atoms in total. The Morgan fingerprint density at radius 2 is 1.56 bits per heavy atom. The Labute approximate surface area is 192 Å². The lowest BCUT2D eigenvalue weighted by Gasteiger charge is -2.31. The first-order chi connectivity index (χ1) is 15.2. The maximum Gasteiger partial charge on any atom is 0.242 e. The van der Waals surface area contributed by atoms with Crippen LogP contribution in [0.15, 0.2) is 48.5 Å². The number of hydrogen-bond donors (Lipinski definition) is 1. The Bertz CT molecular complexity index is 870. The second kappa shape index (κ2) is 11.8. The van der Waals surface area contributed by atoms with Crippen molar-refractivity contribution >= 4 is 11.8 Å². The molecule has 2 rings (SSSR count). The van der Waals surface area contributed by atoms with Crippen LogP contribution in [0.25, 0.3) is 0 Å². The standard InChI is InChI=1S/C27H37FN2O2/c1-6-18-29-26(32)24(7-2)30(19-21-10-15-23(28)16-11-21)25(31)17-12-20-8-13-22(14-9-20)27(3,4)5/h8-11,13-16,24H,6-7,12,17-19H2,1-5H3,(H,29,32). The molecule has 2 aromatic rings. The van der Waals surface area contributed by atoms with Gasteiger partial charge in [0.05, 0.1) is 0 Å². The van der Waals surface area contributed by atoms with Crippen molar-refractivity contribution in [2.75, 3.05) is 6.54 Å². The van der Waals surface area contributed by atoms with Crippen molar-refractivity contribution in [3.63, 3.8) is 0 Å². The Balaban J connectivity index is 2.16. The predicted molar refractivity (Wildman–Crippen MR) is 128 cm³/mol. The van der Waals surface area contributed by atoms with E-state index in [4.69, 9.17) is 0 Å². The molecule has 0 spiro atoms. The quantitative estimate of drug-likeness (QED) is 0.539. The van der Waals surface area contributed by atoms with Crippen LogP contribution in [0.2, 0.25) is 0 Å². The predicted octanol–water partition coefficient (Wildman–Crippen LogP) is 5.39. The zero-order valence-corrected chi connectivity index (χ0v) is 20.1. The zero-order valence-electron chi connectivity index (χ0n) is 20.1. The van der Waals surface area contributed by atoms with Crippen molar-refractivity contribution in [1.29, 1.82) is 0 Å². The zero-order chi connectivity index (χ0) is 23.7. The molecule has 0 aromatic heterocycles. The van der Waals surface area contributed by atoms with Crippen molar-refractivity contribution in [2.24, 2.45) is 0 Å². The van der Waals surface area contributed by atoms with E-state index in [9.17, 15) is 14.0 Å². The van der Waals surface area contributed by atoms with Gasteiger partial charge in [-0.15, -0.1) is 0 Å². The lowest BCUT2D eigenvalue weighted by molar-refractivity contribution is -0.141. The summed E-state index contributed by atoms with van der Waals surface area (Å²) >= 11 is 0. The molecule has 0 fully saturated rings. The van der Waals surface area contributed by atoms with Crippen LogP contribution >= 0.6 is 0 Å². The fourth-order valence-electron chi connectivity index (χ4n) is 3.64. The molecule has 32 heavy (non-hydrogen) atoms. The molecule has 0 saturated carbocycles. The number of carbonyl (C=O) groups excluding carboxylic acids is 2. The Morgan fingerprint density at radius 3 is 2.09 bits per heavy atom. The van der Waals surface area contributed by atoms with Crippen LogP contribution in [-0.2, 0) is 28.0 Å². The summed E-state index contributed by atoms with van der Waals surface area (Å²) in [4.78, 5) is 27.7. The van der Waals surface area contributed by atoms with E-state index >= 15 is 0 Å². The topological polar surface area (TPSA) is 49.4 Å². The van der Waals surface area contributed by atoms with E-state index in [2.05, 4.69) is 50.4 Å². The largest absolute Gasteiger partial charge is 0.354 e. The first-order valence-electron chi connectivity index (χ1n) is 11.6. The van der Waals surface area contributed by atoms with E-state index in [1.54, 1.807) is 17.0 Å². The maximum absolute atomic E-state index is 13.3. The second-order valence-corrected chi connectivity index (χ2v) is 9.31. The summed E-state index contributed by atoms with van der Waals surface area (Å²) in [6.07, 6.45) is 2.27. The molecule has 2 aromatic carbocycles. The summed E-state index contributed by atoms with van der Waals surface area (Å²) in [5, 5.41) is 2.91. The molecule has 0 saturated heterocycles. The highest BCUT2D eigenvalue weighted by Crippen LogP contribution is 2.23. The molecule has 0 heterocycles. The molecule has 0 bridgehead atoms. The normalized spacial score (nSPS) is 12.3. The minimum absolute atomic E-state index is 0.0762. The first kappa shape index (κ1) is 25.6. The van der Waals surface area contributed by atoms with Crippen LogP contribution in [0.5, 0.6) is 0 Å². The van der Waals surface area contributed by atoms with Gasteiger partial charge in [-0.3, -0.25) is 9.59 Å². The van der Waals surface area contributed by atoms with Crippen molar-refractivity contribution < 1.29 is 14.0 Å².